The van der Waals surface area contributed by atoms with Crippen LogP contribution in [0.4, 0.5) is 5.69 Å². The Morgan fingerprint density at radius 3 is 2.90 bits per heavy atom. The predicted octanol–water partition coefficient (Wildman–Crippen LogP) is 2.20. The smallest absolute Gasteiger partial charge is 0.338 e. The fourth-order valence-corrected chi connectivity index (χ4v) is 1.79. The van der Waals surface area contributed by atoms with Crippen LogP contribution in [0.15, 0.2) is 36.5 Å². The summed E-state index contributed by atoms with van der Waals surface area (Å²) in [6.07, 6.45) is 1.51. The highest BCUT2D eigenvalue weighted by molar-refractivity contribution is 5.90. The summed E-state index contributed by atoms with van der Waals surface area (Å²) < 4.78 is 5.19. The van der Waals surface area contributed by atoms with E-state index in [4.69, 9.17) is 15.7 Å². The zero-order valence-corrected chi connectivity index (χ0v) is 11.0. The molecule has 2 N–H and O–H groups in total. The molecule has 1 aromatic carbocycles. The zero-order valence-electron chi connectivity index (χ0n) is 11.0. The average Bonchev–Trinajstić information content (AvgIpc) is 2.44. The molecule has 0 fully saturated rings. The number of carbonyl (C=O) groups is 1. The van der Waals surface area contributed by atoms with Crippen molar-refractivity contribution in [1.29, 1.82) is 5.26 Å². The Morgan fingerprint density at radius 2 is 2.20 bits per heavy atom. The number of carbonyl (C=O) groups excluding carboxylic acids is 1. The van der Waals surface area contributed by atoms with Crippen LogP contribution in [0.3, 0.4) is 0 Å². The van der Waals surface area contributed by atoms with Crippen molar-refractivity contribution < 1.29 is 9.53 Å². The molecule has 0 unspecified atom stereocenters. The van der Waals surface area contributed by atoms with Crippen LogP contribution < -0.4 is 5.73 Å². The van der Waals surface area contributed by atoms with Crippen molar-refractivity contribution in [2.75, 3.05) is 5.73 Å². The quantitative estimate of drug-likeness (QED) is 0.680. The SMILES string of the molecule is Cc1cc(N)cc(C(=O)OCc2ccnc(C#N)c2)c1. The van der Waals surface area contributed by atoms with Crippen molar-refractivity contribution >= 4 is 11.7 Å². The molecule has 2 rings (SSSR count). The largest absolute Gasteiger partial charge is 0.457 e. The highest BCUT2D eigenvalue weighted by Crippen LogP contribution is 2.13. The van der Waals surface area contributed by atoms with E-state index in [1.165, 1.54) is 6.20 Å². The van der Waals surface area contributed by atoms with E-state index in [2.05, 4.69) is 4.98 Å². The van der Waals surface area contributed by atoms with E-state index in [9.17, 15) is 4.79 Å². The van der Waals surface area contributed by atoms with Gasteiger partial charge in [0, 0.05) is 11.9 Å². The second-order valence-corrected chi connectivity index (χ2v) is 4.37. The Bertz CT molecular complexity index is 670. The number of hydrogen-bond donors (Lipinski definition) is 1. The lowest BCUT2D eigenvalue weighted by Crippen LogP contribution is -2.06. The molecule has 0 radical (unpaired) electrons. The number of nitrogens with zero attached hydrogens (tertiary/aromatic N) is 2. The number of esters is 1. The average molecular weight is 267 g/mol. The normalized spacial score (nSPS) is 9.80. The lowest BCUT2D eigenvalue weighted by molar-refractivity contribution is 0.0472. The molecular weight excluding hydrogens is 254 g/mol. The maximum atomic E-state index is 11.9. The van der Waals surface area contributed by atoms with Crippen molar-refractivity contribution in [3.05, 3.63) is 58.9 Å². The highest BCUT2D eigenvalue weighted by Gasteiger charge is 2.09. The monoisotopic (exact) mass is 267 g/mol. The van der Waals surface area contributed by atoms with Gasteiger partial charge in [-0.05, 0) is 48.4 Å². The summed E-state index contributed by atoms with van der Waals surface area (Å²) in [5.41, 5.74) is 8.52. The van der Waals surface area contributed by atoms with E-state index < -0.39 is 5.97 Å². The molecule has 0 amide bonds. The van der Waals surface area contributed by atoms with Gasteiger partial charge in [0.1, 0.15) is 18.4 Å². The summed E-state index contributed by atoms with van der Waals surface area (Å²) in [6, 6.07) is 10.3. The number of aryl methyl sites for hydroxylation is 1. The van der Waals surface area contributed by atoms with E-state index in [1.807, 2.05) is 13.0 Å². The third kappa shape index (κ3) is 3.33. The number of hydrogen-bond acceptors (Lipinski definition) is 5. The van der Waals surface area contributed by atoms with E-state index in [-0.39, 0.29) is 6.61 Å². The molecule has 5 nitrogen and oxygen atoms in total. The molecule has 0 atom stereocenters. The van der Waals surface area contributed by atoms with Crippen LogP contribution in [0, 0.1) is 18.3 Å². The number of benzene rings is 1. The van der Waals surface area contributed by atoms with Gasteiger partial charge in [-0.1, -0.05) is 0 Å². The summed E-state index contributed by atoms with van der Waals surface area (Å²) >= 11 is 0. The highest BCUT2D eigenvalue weighted by atomic mass is 16.5. The molecule has 2 aromatic rings. The van der Waals surface area contributed by atoms with E-state index >= 15 is 0 Å². The molecule has 0 bridgehead atoms. The molecule has 100 valence electrons. The van der Waals surface area contributed by atoms with Crippen LogP contribution in [-0.4, -0.2) is 11.0 Å². The van der Waals surface area contributed by atoms with Crippen molar-refractivity contribution in [2.24, 2.45) is 0 Å². The number of nitrogen functional groups attached to an aromatic ring is 1. The first-order valence-corrected chi connectivity index (χ1v) is 5.98. The van der Waals surface area contributed by atoms with Gasteiger partial charge in [0.2, 0.25) is 0 Å². The summed E-state index contributed by atoms with van der Waals surface area (Å²) in [7, 11) is 0. The summed E-state index contributed by atoms with van der Waals surface area (Å²) in [6.45, 7) is 1.94. The minimum absolute atomic E-state index is 0.0872. The number of ether oxygens (including phenoxy) is 1. The fraction of sp³-hybridized carbons (Fsp3) is 0.133. The minimum atomic E-state index is -0.448. The summed E-state index contributed by atoms with van der Waals surface area (Å²) in [4.78, 5) is 15.8. The van der Waals surface area contributed by atoms with Crippen molar-refractivity contribution in [3.63, 3.8) is 0 Å². The number of nitriles is 1. The first-order valence-electron chi connectivity index (χ1n) is 5.98. The molecule has 5 heteroatoms. The van der Waals surface area contributed by atoms with Gasteiger partial charge >= 0.3 is 5.97 Å². The Balaban J connectivity index is 2.06. The second-order valence-electron chi connectivity index (χ2n) is 4.37. The molecule has 0 aliphatic rings. The van der Waals surface area contributed by atoms with Gasteiger partial charge in [-0.25, -0.2) is 9.78 Å². The summed E-state index contributed by atoms with van der Waals surface area (Å²) in [5, 5.41) is 8.74. The van der Waals surface area contributed by atoms with Gasteiger partial charge < -0.3 is 10.5 Å². The molecule has 1 heterocycles. The number of aromatic nitrogens is 1. The van der Waals surface area contributed by atoms with E-state index in [1.54, 1.807) is 30.3 Å². The standard InChI is InChI=1S/C15H13N3O2/c1-10-4-12(7-13(17)5-10)15(19)20-9-11-2-3-18-14(6-11)8-16/h2-7H,9,17H2,1H3. The van der Waals surface area contributed by atoms with Crippen LogP contribution in [0.1, 0.15) is 27.2 Å². The van der Waals surface area contributed by atoms with Crippen molar-refractivity contribution in [3.8, 4) is 6.07 Å². The molecular formula is C15H13N3O2. The van der Waals surface area contributed by atoms with Gasteiger partial charge in [-0.3, -0.25) is 0 Å². The molecule has 0 aliphatic heterocycles. The molecule has 0 saturated heterocycles. The topological polar surface area (TPSA) is 89.0 Å². The first-order chi connectivity index (χ1) is 9.58. The Kier molecular flexibility index (Phi) is 3.96. The number of rotatable bonds is 3. The minimum Gasteiger partial charge on any atom is -0.457 e. The lowest BCUT2D eigenvalue weighted by Gasteiger charge is -2.06. The van der Waals surface area contributed by atoms with Crippen molar-refractivity contribution in [1.82, 2.24) is 4.98 Å². The Morgan fingerprint density at radius 1 is 1.40 bits per heavy atom. The van der Waals surface area contributed by atoms with Gasteiger partial charge in [0.25, 0.3) is 0 Å². The van der Waals surface area contributed by atoms with Gasteiger partial charge in [-0.2, -0.15) is 5.26 Å². The Labute approximate surface area is 116 Å². The third-order valence-corrected chi connectivity index (χ3v) is 2.64. The van der Waals surface area contributed by atoms with Crippen LogP contribution in [0.25, 0.3) is 0 Å². The zero-order chi connectivity index (χ0) is 14.5. The van der Waals surface area contributed by atoms with Crippen molar-refractivity contribution in [2.45, 2.75) is 13.5 Å². The van der Waals surface area contributed by atoms with E-state index in [0.29, 0.717) is 22.5 Å². The maximum absolute atomic E-state index is 11.9. The lowest BCUT2D eigenvalue weighted by atomic mass is 10.1. The second kappa shape index (κ2) is 5.85. The van der Waals surface area contributed by atoms with E-state index in [0.717, 1.165) is 5.56 Å². The number of nitrogens with two attached hydrogens (primary N) is 1. The maximum Gasteiger partial charge on any atom is 0.338 e. The molecule has 20 heavy (non-hydrogen) atoms. The number of anilines is 1. The Hall–Kier alpha value is -2.87. The van der Waals surface area contributed by atoms with Crippen LogP contribution in [0.2, 0.25) is 0 Å². The van der Waals surface area contributed by atoms with Crippen LogP contribution >= 0.6 is 0 Å². The van der Waals surface area contributed by atoms with Crippen LogP contribution in [0.5, 0.6) is 0 Å². The van der Waals surface area contributed by atoms with Gasteiger partial charge in [0.05, 0.1) is 5.56 Å². The predicted molar refractivity (Wildman–Crippen MR) is 73.7 cm³/mol. The van der Waals surface area contributed by atoms with Crippen LogP contribution in [-0.2, 0) is 11.3 Å². The molecule has 0 aliphatic carbocycles. The summed E-state index contributed by atoms with van der Waals surface area (Å²) in [5.74, 6) is -0.448. The van der Waals surface area contributed by atoms with Gasteiger partial charge in [-0.15, -0.1) is 0 Å². The number of pyridine rings is 1. The fourth-order valence-electron chi connectivity index (χ4n) is 1.79. The third-order valence-electron chi connectivity index (χ3n) is 2.64. The molecule has 1 aromatic heterocycles. The van der Waals surface area contributed by atoms with Gasteiger partial charge in [0.15, 0.2) is 0 Å². The molecule has 0 spiro atoms. The first kappa shape index (κ1) is 13.6. The molecule has 0 saturated carbocycles.